The first-order chi connectivity index (χ1) is 21.2. The molecule has 0 aliphatic carbocycles. The molecule has 1 aromatic heterocycles. The third-order valence-electron chi connectivity index (χ3n) is 7.12. The second-order valence-electron chi connectivity index (χ2n) is 10.3. The van der Waals surface area contributed by atoms with Crippen LogP contribution in [0.15, 0.2) is 103 Å². The molecule has 0 radical (unpaired) electrons. The molecule has 0 aliphatic heterocycles. The topological polar surface area (TPSA) is 152 Å². The number of hydrogen-bond acceptors (Lipinski definition) is 4. The van der Waals surface area contributed by atoms with Crippen LogP contribution in [0.4, 0.5) is 21.9 Å². The van der Waals surface area contributed by atoms with Gasteiger partial charge in [0.25, 0.3) is 0 Å². The Morgan fingerprint density at radius 1 is 0.773 bits per heavy atom. The summed E-state index contributed by atoms with van der Waals surface area (Å²) in [5.74, 6) is -1.86. The van der Waals surface area contributed by atoms with E-state index < -0.39 is 17.9 Å². The van der Waals surface area contributed by atoms with Crippen LogP contribution in [0.25, 0.3) is 10.9 Å². The minimum atomic E-state index is -1.07. The second-order valence-corrected chi connectivity index (χ2v) is 10.3. The first-order valence-corrected chi connectivity index (χ1v) is 14.0. The lowest BCUT2D eigenvalue weighted by Crippen LogP contribution is -2.45. The largest absolute Gasteiger partial charge is 0.478 e. The van der Waals surface area contributed by atoms with Gasteiger partial charge in [0.15, 0.2) is 0 Å². The van der Waals surface area contributed by atoms with Gasteiger partial charge in [-0.3, -0.25) is 9.59 Å². The molecule has 44 heavy (non-hydrogen) atoms. The van der Waals surface area contributed by atoms with Gasteiger partial charge in [-0.15, -0.1) is 0 Å². The SMILES string of the molecule is Cc1ccccc1NC(=O)Nc1ccc(CC(=O)NC(Cc2c[nH]c3ccccc23)C(=O)Nc2ccc(C(=O)O)cc2)cc1. The van der Waals surface area contributed by atoms with Crippen molar-refractivity contribution in [3.63, 3.8) is 0 Å². The van der Waals surface area contributed by atoms with Crippen molar-refractivity contribution in [1.82, 2.24) is 10.3 Å². The fourth-order valence-electron chi connectivity index (χ4n) is 4.79. The molecular weight excluding hydrogens is 558 g/mol. The smallest absolute Gasteiger partial charge is 0.335 e. The first kappa shape index (κ1) is 29.6. The number of amides is 4. The number of para-hydroxylation sites is 2. The molecule has 222 valence electrons. The summed E-state index contributed by atoms with van der Waals surface area (Å²) < 4.78 is 0. The molecule has 10 heteroatoms. The van der Waals surface area contributed by atoms with Crippen LogP contribution in [0, 0.1) is 6.92 Å². The van der Waals surface area contributed by atoms with Gasteiger partial charge in [0.1, 0.15) is 6.04 Å². The van der Waals surface area contributed by atoms with Crippen molar-refractivity contribution >= 4 is 51.8 Å². The van der Waals surface area contributed by atoms with Gasteiger partial charge >= 0.3 is 12.0 Å². The van der Waals surface area contributed by atoms with Crippen molar-refractivity contribution in [3.8, 4) is 0 Å². The third-order valence-corrected chi connectivity index (χ3v) is 7.12. The Morgan fingerprint density at radius 3 is 2.16 bits per heavy atom. The lowest BCUT2D eigenvalue weighted by molar-refractivity contribution is -0.126. The summed E-state index contributed by atoms with van der Waals surface area (Å²) in [7, 11) is 0. The van der Waals surface area contributed by atoms with E-state index in [0.717, 1.165) is 22.0 Å². The number of hydrogen-bond donors (Lipinski definition) is 6. The highest BCUT2D eigenvalue weighted by molar-refractivity contribution is 6.00. The average molecular weight is 590 g/mol. The fourth-order valence-corrected chi connectivity index (χ4v) is 4.79. The molecule has 0 saturated heterocycles. The summed E-state index contributed by atoms with van der Waals surface area (Å²) >= 11 is 0. The van der Waals surface area contributed by atoms with Crippen LogP contribution < -0.4 is 21.3 Å². The van der Waals surface area contributed by atoms with Crippen molar-refractivity contribution in [2.24, 2.45) is 0 Å². The molecule has 0 spiro atoms. The average Bonchev–Trinajstić information content (AvgIpc) is 3.42. The van der Waals surface area contributed by atoms with Gasteiger partial charge in [0, 0.05) is 40.6 Å². The lowest BCUT2D eigenvalue weighted by atomic mass is 10.0. The monoisotopic (exact) mass is 589 g/mol. The molecule has 5 rings (SSSR count). The van der Waals surface area contributed by atoms with Crippen LogP contribution in [0.2, 0.25) is 0 Å². The molecular formula is C34H31N5O5. The number of aromatic nitrogens is 1. The number of carbonyl (C=O) groups excluding carboxylic acids is 3. The van der Waals surface area contributed by atoms with Crippen LogP contribution in [0.5, 0.6) is 0 Å². The van der Waals surface area contributed by atoms with Crippen LogP contribution in [0.1, 0.15) is 27.0 Å². The van der Waals surface area contributed by atoms with E-state index in [2.05, 4.69) is 26.3 Å². The van der Waals surface area contributed by atoms with Crippen molar-refractivity contribution < 1.29 is 24.3 Å². The quantitative estimate of drug-likeness (QED) is 0.123. The van der Waals surface area contributed by atoms with Crippen molar-refractivity contribution in [3.05, 3.63) is 126 Å². The highest BCUT2D eigenvalue weighted by Crippen LogP contribution is 2.20. The number of nitrogens with one attached hydrogen (secondary N) is 5. The molecule has 4 aromatic carbocycles. The van der Waals surface area contributed by atoms with E-state index in [1.54, 1.807) is 24.3 Å². The highest BCUT2D eigenvalue weighted by Gasteiger charge is 2.23. The van der Waals surface area contributed by atoms with E-state index in [0.29, 0.717) is 22.6 Å². The Morgan fingerprint density at radius 2 is 1.43 bits per heavy atom. The predicted molar refractivity (Wildman–Crippen MR) is 170 cm³/mol. The van der Waals surface area contributed by atoms with Gasteiger partial charge in [-0.1, -0.05) is 48.5 Å². The number of aryl methyl sites for hydroxylation is 1. The highest BCUT2D eigenvalue weighted by atomic mass is 16.4. The molecule has 10 nitrogen and oxygen atoms in total. The van der Waals surface area contributed by atoms with Crippen LogP contribution >= 0.6 is 0 Å². The number of benzene rings is 4. The Labute approximate surface area is 253 Å². The van der Waals surface area contributed by atoms with Crippen molar-refractivity contribution in [1.29, 1.82) is 0 Å². The summed E-state index contributed by atoms with van der Waals surface area (Å²) in [6.45, 7) is 1.91. The Bertz CT molecular complexity index is 1810. The zero-order valence-corrected chi connectivity index (χ0v) is 23.9. The molecule has 0 aliphatic rings. The molecule has 4 amide bonds. The molecule has 1 heterocycles. The number of H-pyrrole nitrogens is 1. The van der Waals surface area contributed by atoms with Crippen molar-refractivity contribution in [2.45, 2.75) is 25.8 Å². The summed E-state index contributed by atoms with van der Waals surface area (Å²) in [4.78, 5) is 53.3. The van der Waals surface area contributed by atoms with Gasteiger partial charge in [-0.25, -0.2) is 9.59 Å². The maximum Gasteiger partial charge on any atom is 0.335 e. The van der Waals surface area contributed by atoms with Gasteiger partial charge in [-0.2, -0.15) is 0 Å². The van der Waals surface area contributed by atoms with E-state index in [-0.39, 0.29) is 30.3 Å². The minimum Gasteiger partial charge on any atom is -0.478 e. The molecule has 5 aromatic rings. The Hall–Kier alpha value is -5.90. The molecule has 6 N–H and O–H groups in total. The second kappa shape index (κ2) is 13.4. The fraction of sp³-hybridized carbons (Fsp3) is 0.118. The van der Waals surface area contributed by atoms with Gasteiger partial charge in [0.05, 0.1) is 12.0 Å². The number of carbonyl (C=O) groups is 4. The van der Waals surface area contributed by atoms with E-state index in [1.165, 1.54) is 24.3 Å². The number of fused-ring (bicyclic) bond motifs is 1. The lowest BCUT2D eigenvalue weighted by Gasteiger charge is -2.19. The maximum atomic E-state index is 13.4. The van der Waals surface area contributed by atoms with Crippen LogP contribution in [0.3, 0.4) is 0 Å². The number of rotatable bonds is 10. The number of aromatic carboxylic acids is 1. The normalized spacial score (nSPS) is 11.4. The van der Waals surface area contributed by atoms with Crippen molar-refractivity contribution in [2.75, 3.05) is 16.0 Å². The van der Waals surface area contributed by atoms with E-state index in [1.807, 2.05) is 61.7 Å². The number of carboxylic acid groups (broad SMARTS) is 1. The van der Waals surface area contributed by atoms with Gasteiger partial charge in [0.2, 0.25) is 11.8 Å². The van der Waals surface area contributed by atoms with Gasteiger partial charge < -0.3 is 31.4 Å². The first-order valence-electron chi connectivity index (χ1n) is 14.0. The zero-order valence-electron chi connectivity index (χ0n) is 23.9. The van der Waals surface area contributed by atoms with E-state index >= 15 is 0 Å². The van der Waals surface area contributed by atoms with E-state index in [9.17, 15) is 19.2 Å². The number of aromatic amines is 1. The van der Waals surface area contributed by atoms with Crippen LogP contribution in [-0.2, 0) is 22.4 Å². The van der Waals surface area contributed by atoms with Crippen LogP contribution in [-0.4, -0.2) is 39.9 Å². The molecule has 1 atom stereocenters. The molecule has 1 unspecified atom stereocenters. The Balaban J connectivity index is 1.24. The maximum absolute atomic E-state index is 13.4. The number of urea groups is 1. The molecule has 0 fully saturated rings. The summed E-state index contributed by atoms with van der Waals surface area (Å²) in [6, 6.07) is 26.5. The standard InChI is InChI=1S/C34H31N5O5/c1-21-6-2-4-8-28(21)39-34(44)37-26-14-10-22(11-15-26)18-31(40)38-30(19-24-20-35-29-9-5-3-7-27(24)29)32(41)36-25-16-12-23(13-17-25)33(42)43/h2-17,20,30,35H,18-19H2,1H3,(H,36,41)(H,38,40)(H,42,43)(H2,37,39,44). The molecule has 0 saturated carbocycles. The summed E-state index contributed by atoms with van der Waals surface area (Å²) in [5.41, 5.74) is 5.19. The number of carboxylic acids is 1. The van der Waals surface area contributed by atoms with Gasteiger partial charge in [-0.05, 0) is 72.1 Å². The molecule has 0 bridgehead atoms. The summed E-state index contributed by atoms with van der Waals surface area (Å²) in [5, 5.41) is 21.3. The summed E-state index contributed by atoms with van der Waals surface area (Å²) in [6.07, 6.45) is 2.06. The third kappa shape index (κ3) is 7.48. The minimum absolute atomic E-state index is 0.0145. The number of anilines is 3. The van der Waals surface area contributed by atoms with E-state index in [4.69, 9.17) is 5.11 Å². The Kier molecular flexibility index (Phi) is 9.00. The predicted octanol–water partition coefficient (Wildman–Crippen LogP) is 5.73. The zero-order chi connectivity index (χ0) is 31.1.